The third-order valence-electron chi connectivity index (χ3n) is 2.18. The molecular weight excluding hydrogens is 239 g/mol. The molecule has 2 atom stereocenters. The van der Waals surface area contributed by atoms with Crippen LogP contribution in [-0.4, -0.2) is 5.11 Å². The predicted molar refractivity (Wildman–Crippen MR) is 52.7 cm³/mol. The van der Waals surface area contributed by atoms with E-state index in [2.05, 4.69) is 15.9 Å². The Morgan fingerprint density at radius 1 is 1.42 bits per heavy atom. The van der Waals surface area contributed by atoms with Gasteiger partial charge in [0.05, 0.1) is 6.10 Å². The van der Waals surface area contributed by atoms with E-state index >= 15 is 0 Å². The molecule has 0 aliphatic heterocycles. The second-order valence-corrected chi connectivity index (χ2v) is 4.53. The zero-order valence-corrected chi connectivity index (χ0v) is 8.64. The molecule has 0 radical (unpaired) electrons. The average Bonchev–Trinajstić information content (AvgIpc) is 2.28. The van der Waals surface area contributed by atoms with E-state index in [1.807, 2.05) is 18.2 Å². The molecule has 0 aromatic heterocycles. The third-order valence-corrected chi connectivity index (χ3v) is 3.28. The van der Waals surface area contributed by atoms with Crippen molar-refractivity contribution in [2.75, 3.05) is 0 Å². The number of alkyl halides is 1. The van der Waals surface area contributed by atoms with Crippen molar-refractivity contribution in [1.82, 2.24) is 0 Å². The number of hydrogen-bond acceptors (Lipinski definition) is 1. The van der Waals surface area contributed by atoms with E-state index in [9.17, 15) is 5.11 Å². The minimum atomic E-state index is -0.358. The summed E-state index contributed by atoms with van der Waals surface area (Å²) in [6, 6.07) is 5.66. The van der Waals surface area contributed by atoms with Crippen molar-refractivity contribution in [3.05, 3.63) is 34.3 Å². The summed E-state index contributed by atoms with van der Waals surface area (Å²) in [5.41, 5.74) is 2.12. The summed E-state index contributed by atoms with van der Waals surface area (Å²) < 4.78 is 0. The van der Waals surface area contributed by atoms with Crippen LogP contribution in [0, 0.1) is 0 Å². The van der Waals surface area contributed by atoms with Gasteiger partial charge in [-0.05, 0) is 29.7 Å². The fourth-order valence-electron chi connectivity index (χ4n) is 1.57. The SMILES string of the molecule is OC1CC(Br)c2ccc(Cl)cc21. The maximum Gasteiger partial charge on any atom is 0.0807 e. The molecule has 1 aromatic carbocycles. The molecule has 0 heterocycles. The van der Waals surface area contributed by atoms with E-state index in [0.717, 1.165) is 17.5 Å². The molecule has 0 amide bonds. The number of aliphatic hydroxyl groups is 1. The van der Waals surface area contributed by atoms with Gasteiger partial charge in [-0.1, -0.05) is 33.6 Å². The Morgan fingerprint density at radius 3 is 2.92 bits per heavy atom. The second-order valence-electron chi connectivity index (χ2n) is 2.99. The standard InChI is InChI=1S/C9H8BrClO/c10-8-4-9(12)7-3-5(11)1-2-6(7)8/h1-3,8-9,12H,4H2. The fraction of sp³-hybridized carbons (Fsp3) is 0.333. The van der Waals surface area contributed by atoms with Gasteiger partial charge >= 0.3 is 0 Å². The van der Waals surface area contributed by atoms with Gasteiger partial charge in [0.2, 0.25) is 0 Å². The molecule has 12 heavy (non-hydrogen) atoms. The van der Waals surface area contributed by atoms with Crippen molar-refractivity contribution < 1.29 is 5.11 Å². The average molecular weight is 248 g/mol. The van der Waals surface area contributed by atoms with Crippen LogP contribution in [0.1, 0.15) is 28.5 Å². The van der Waals surface area contributed by atoms with E-state index in [1.165, 1.54) is 0 Å². The molecule has 0 fully saturated rings. The van der Waals surface area contributed by atoms with Gasteiger partial charge in [0.1, 0.15) is 0 Å². The number of aliphatic hydroxyl groups excluding tert-OH is 1. The van der Waals surface area contributed by atoms with E-state index in [0.29, 0.717) is 5.02 Å². The van der Waals surface area contributed by atoms with Crippen LogP contribution in [0.3, 0.4) is 0 Å². The van der Waals surface area contributed by atoms with Crippen molar-refractivity contribution in [3.8, 4) is 0 Å². The van der Waals surface area contributed by atoms with Crippen molar-refractivity contribution in [2.24, 2.45) is 0 Å². The van der Waals surface area contributed by atoms with Crippen LogP contribution in [0.25, 0.3) is 0 Å². The first-order chi connectivity index (χ1) is 5.68. The Hall–Kier alpha value is -0.0500. The molecular formula is C9H8BrClO. The van der Waals surface area contributed by atoms with Crippen LogP contribution < -0.4 is 0 Å². The molecule has 1 aliphatic carbocycles. The molecule has 1 N–H and O–H groups in total. The third kappa shape index (κ3) is 1.28. The maximum absolute atomic E-state index is 9.59. The summed E-state index contributed by atoms with van der Waals surface area (Å²) in [6.45, 7) is 0. The molecule has 1 aromatic rings. The van der Waals surface area contributed by atoms with Crippen LogP contribution in [-0.2, 0) is 0 Å². The lowest BCUT2D eigenvalue weighted by Crippen LogP contribution is -1.89. The van der Waals surface area contributed by atoms with Gasteiger partial charge in [-0.15, -0.1) is 0 Å². The lowest BCUT2D eigenvalue weighted by atomic mass is 10.1. The zero-order chi connectivity index (χ0) is 8.72. The summed E-state index contributed by atoms with van der Waals surface area (Å²) >= 11 is 9.31. The largest absolute Gasteiger partial charge is 0.388 e. The lowest BCUT2D eigenvalue weighted by Gasteiger charge is -2.02. The quantitative estimate of drug-likeness (QED) is 0.698. The summed E-state index contributed by atoms with van der Waals surface area (Å²) in [5, 5.41) is 10.3. The first-order valence-electron chi connectivity index (χ1n) is 3.80. The lowest BCUT2D eigenvalue weighted by molar-refractivity contribution is 0.180. The Balaban J connectivity index is 2.53. The number of halogens is 2. The van der Waals surface area contributed by atoms with Crippen LogP contribution >= 0.6 is 27.5 Å². The molecule has 1 nitrogen and oxygen atoms in total. The van der Waals surface area contributed by atoms with Crippen molar-refractivity contribution in [1.29, 1.82) is 0 Å². The summed E-state index contributed by atoms with van der Waals surface area (Å²) in [5.74, 6) is 0. The normalized spacial score (nSPS) is 27.2. The molecule has 2 rings (SSSR count). The molecule has 0 saturated heterocycles. The number of fused-ring (bicyclic) bond motifs is 1. The van der Waals surface area contributed by atoms with Gasteiger partial charge in [-0.3, -0.25) is 0 Å². The number of rotatable bonds is 0. The van der Waals surface area contributed by atoms with Crippen LogP contribution in [0.5, 0.6) is 0 Å². The van der Waals surface area contributed by atoms with Crippen LogP contribution in [0.2, 0.25) is 5.02 Å². The minimum Gasteiger partial charge on any atom is -0.388 e. The Kier molecular flexibility index (Phi) is 2.15. The van der Waals surface area contributed by atoms with E-state index < -0.39 is 0 Å². The summed E-state index contributed by atoms with van der Waals surface area (Å²) in [6.07, 6.45) is 0.387. The highest BCUT2D eigenvalue weighted by Crippen LogP contribution is 2.44. The Labute approximate surface area is 84.5 Å². The molecule has 1 aliphatic rings. The van der Waals surface area contributed by atoms with Gasteiger partial charge in [0.15, 0.2) is 0 Å². The Bertz CT molecular complexity index is 313. The highest BCUT2D eigenvalue weighted by atomic mass is 79.9. The second kappa shape index (κ2) is 3.02. The van der Waals surface area contributed by atoms with Gasteiger partial charge < -0.3 is 5.11 Å². The highest BCUT2D eigenvalue weighted by molar-refractivity contribution is 9.09. The van der Waals surface area contributed by atoms with Gasteiger partial charge in [0, 0.05) is 9.85 Å². The molecule has 3 heteroatoms. The van der Waals surface area contributed by atoms with E-state index in [4.69, 9.17) is 11.6 Å². The summed E-state index contributed by atoms with van der Waals surface area (Å²) in [4.78, 5) is 0.278. The van der Waals surface area contributed by atoms with E-state index in [-0.39, 0.29) is 10.9 Å². The first-order valence-corrected chi connectivity index (χ1v) is 5.09. The first kappa shape index (κ1) is 8.54. The van der Waals surface area contributed by atoms with Crippen molar-refractivity contribution >= 4 is 27.5 Å². The fourth-order valence-corrected chi connectivity index (χ4v) is 2.52. The van der Waals surface area contributed by atoms with Gasteiger partial charge in [0.25, 0.3) is 0 Å². The number of benzene rings is 1. The van der Waals surface area contributed by atoms with Gasteiger partial charge in [-0.25, -0.2) is 0 Å². The minimum absolute atomic E-state index is 0.278. The van der Waals surface area contributed by atoms with E-state index in [1.54, 1.807) is 0 Å². The zero-order valence-electron chi connectivity index (χ0n) is 6.30. The van der Waals surface area contributed by atoms with Crippen molar-refractivity contribution in [2.45, 2.75) is 17.4 Å². The Morgan fingerprint density at radius 2 is 2.17 bits per heavy atom. The molecule has 0 spiro atoms. The highest BCUT2D eigenvalue weighted by Gasteiger charge is 2.27. The smallest absolute Gasteiger partial charge is 0.0807 e. The monoisotopic (exact) mass is 246 g/mol. The van der Waals surface area contributed by atoms with Crippen LogP contribution in [0.15, 0.2) is 18.2 Å². The van der Waals surface area contributed by atoms with Crippen LogP contribution in [0.4, 0.5) is 0 Å². The molecule has 0 saturated carbocycles. The topological polar surface area (TPSA) is 20.2 Å². The van der Waals surface area contributed by atoms with Gasteiger partial charge in [-0.2, -0.15) is 0 Å². The molecule has 64 valence electrons. The maximum atomic E-state index is 9.59. The molecule has 0 bridgehead atoms. The predicted octanol–water partition coefficient (Wildman–Crippen LogP) is 3.21. The van der Waals surface area contributed by atoms with Crippen molar-refractivity contribution in [3.63, 3.8) is 0 Å². The number of hydrogen-bond donors (Lipinski definition) is 1. The molecule has 2 unspecified atom stereocenters. The summed E-state index contributed by atoms with van der Waals surface area (Å²) in [7, 11) is 0.